The second-order valence-electron chi connectivity index (χ2n) is 5.75. The number of imidazole rings is 1. The Morgan fingerprint density at radius 2 is 1.95 bits per heavy atom. The molecule has 0 bridgehead atoms. The van der Waals surface area contributed by atoms with Gasteiger partial charge in [0.05, 0.1) is 6.54 Å². The minimum atomic E-state index is 0.467. The Balaban J connectivity index is 1.63. The van der Waals surface area contributed by atoms with E-state index in [4.69, 9.17) is 0 Å². The van der Waals surface area contributed by atoms with Crippen molar-refractivity contribution in [2.45, 2.75) is 25.4 Å². The molecule has 112 valence electrons. The van der Waals surface area contributed by atoms with E-state index in [1.54, 1.807) is 0 Å². The van der Waals surface area contributed by atoms with Gasteiger partial charge in [0.15, 0.2) is 0 Å². The third-order valence-electron chi connectivity index (χ3n) is 4.31. The number of likely N-dealkylation sites (tertiary alicyclic amines) is 1. The standard InChI is InChI=1S/C17H24N4/c1-20-12-9-19-17(20)14-18-13-16(21-10-5-6-11-21)15-7-3-2-4-8-15/h2-4,7-9,12,16,18H,5-6,10-11,13-14H2,1H3. The van der Waals surface area contributed by atoms with E-state index in [-0.39, 0.29) is 0 Å². The van der Waals surface area contributed by atoms with Crippen LogP contribution in [-0.4, -0.2) is 34.1 Å². The molecule has 1 aliphatic rings. The smallest absolute Gasteiger partial charge is 0.122 e. The Morgan fingerprint density at radius 3 is 2.62 bits per heavy atom. The second kappa shape index (κ2) is 6.87. The lowest BCUT2D eigenvalue weighted by Gasteiger charge is -2.28. The molecule has 0 saturated carbocycles. The van der Waals surface area contributed by atoms with Crippen LogP contribution in [0.4, 0.5) is 0 Å². The number of hydrogen-bond donors (Lipinski definition) is 1. The fraction of sp³-hybridized carbons (Fsp3) is 0.471. The van der Waals surface area contributed by atoms with Crippen molar-refractivity contribution in [3.8, 4) is 0 Å². The Bertz CT molecular complexity index is 543. The molecule has 0 aliphatic carbocycles. The fourth-order valence-electron chi connectivity index (χ4n) is 3.07. The number of rotatable bonds is 6. The molecule has 1 aliphatic heterocycles. The van der Waals surface area contributed by atoms with Gasteiger partial charge >= 0.3 is 0 Å². The third kappa shape index (κ3) is 3.52. The van der Waals surface area contributed by atoms with Crippen LogP contribution < -0.4 is 5.32 Å². The summed E-state index contributed by atoms with van der Waals surface area (Å²) in [7, 11) is 2.04. The Labute approximate surface area is 126 Å². The highest BCUT2D eigenvalue weighted by Gasteiger charge is 2.22. The molecule has 0 radical (unpaired) electrons. The Kier molecular flexibility index (Phi) is 4.68. The number of aryl methyl sites for hydroxylation is 1. The van der Waals surface area contributed by atoms with Gasteiger partial charge in [-0.3, -0.25) is 4.90 Å². The maximum Gasteiger partial charge on any atom is 0.122 e. The molecule has 1 unspecified atom stereocenters. The molecule has 2 aromatic rings. The Hall–Kier alpha value is -1.65. The van der Waals surface area contributed by atoms with E-state index < -0.39 is 0 Å². The maximum atomic E-state index is 4.37. The van der Waals surface area contributed by atoms with Crippen LogP contribution in [0.15, 0.2) is 42.7 Å². The molecule has 1 fully saturated rings. The molecule has 0 spiro atoms. The van der Waals surface area contributed by atoms with Crippen molar-refractivity contribution in [2.24, 2.45) is 7.05 Å². The lowest BCUT2D eigenvalue weighted by molar-refractivity contribution is 0.238. The first-order valence-corrected chi connectivity index (χ1v) is 7.80. The van der Waals surface area contributed by atoms with E-state index in [1.807, 2.05) is 19.4 Å². The summed E-state index contributed by atoms with van der Waals surface area (Å²) in [5, 5.41) is 3.58. The van der Waals surface area contributed by atoms with Gasteiger partial charge in [0.25, 0.3) is 0 Å². The number of hydrogen-bond acceptors (Lipinski definition) is 3. The predicted molar refractivity (Wildman–Crippen MR) is 84.9 cm³/mol. The zero-order valence-electron chi connectivity index (χ0n) is 12.7. The van der Waals surface area contributed by atoms with Crippen LogP contribution in [0.5, 0.6) is 0 Å². The fourth-order valence-corrected chi connectivity index (χ4v) is 3.07. The van der Waals surface area contributed by atoms with E-state index in [2.05, 4.69) is 50.1 Å². The first kappa shape index (κ1) is 14.3. The zero-order chi connectivity index (χ0) is 14.5. The van der Waals surface area contributed by atoms with Gasteiger partial charge in [0.2, 0.25) is 0 Å². The molecule has 1 saturated heterocycles. The van der Waals surface area contributed by atoms with E-state index >= 15 is 0 Å². The van der Waals surface area contributed by atoms with E-state index in [1.165, 1.54) is 31.5 Å². The molecule has 4 nitrogen and oxygen atoms in total. The lowest BCUT2D eigenvalue weighted by atomic mass is 10.1. The summed E-state index contributed by atoms with van der Waals surface area (Å²) < 4.78 is 2.07. The van der Waals surface area contributed by atoms with Crippen LogP contribution in [0.25, 0.3) is 0 Å². The van der Waals surface area contributed by atoms with Crippen LogP contribution >= 0.6 is 0 Å². The van der Waals surface area contributed by atoms with Gasteiger partial charge in [-0.25, -0.2) is 4.98 Å². The van der Waals surface area contributed by atoms with Crippen LogP contribution in [0, 0.1) is 0 Å². The van der Waals surface area contributed by atoms with Crippen molar-refractivity contribution in [2.75, 3.05) is 19.6 Å². The van der Waals surface area contributed by atoms with Gasteiger partial charge in [-0.2, -0.15) is 0 Å². The van der Waals surface area contributed by atoms with Crippen LogP contribution in [0.2, 0.25) is 0 Å². The van der Waals surface area contributed by atoms with Gasteiger partial charge < -0.3 is 9.88 Å². The van der Waals surface area contributed by atoms with Gasteiger partial charge in [-0.15, -0.1) is 0 Å². The molecule has 4 heteroatoms. The van der Waals surface area contributed by atoms with Crippen molar-refractivity contribution in [3.63, 3.8) is 0 Å². The average Bonchev–Trinajstić information content (AvgIpc) is 3.17. The highest BCUT2D eigenvalue weighted by atomic mass is 15.2. The van der Waals surface area contributed by atoms with Gasteiger partial charge in [0.1, 0.15) is 5.82 Å². The molecule has 2 heterocycles. The quantitative estimate of drug-likeness (QED) is 0.884. The van der Waals surface area contributed by atoms with Gasteiger partial charge in [0, 0.05) is 32.0 Å². The summed E-state index contributed by atoms with van der Waals surface area (Å²) in [5.41, 5.74) is 1.41. The molecule has 1 N–H and O–H groups in total. The normalized spacial score (nSPS) is 17.2. The largest absolute Gasteiger partial charge is 0.337 e. The van der Waals surface area contributed by atoms with Crippen molar-refractivity contribution in [3.05, 3.63) is 54.1 Å². The summed E-state index contributed by atoms with van der Waals surface area (Å²) in [5.74, 6) is 1.09. The topological polar surface area (TPSA) is 33.1 Å². The highest BCUT2D eigenvalue weighted by molar-refractivity contribution is 5.19. The molecule has 3 rings (SSSR count). The predicted octanol–water partition coefficient (Wildman–Crippen LogP) is 2.35. The first-order valence-electron chi connectivity index (χ1n) is 7.80. The zero-order valence-corrected chi connectivity index (χ0v) is 12.7. The van der Waals surface area contributed by atoms with Crippen LogP contribution in [0.1, 0.15) is 30.3 Å². The summed E-state index contributed by atoms with van der Waals surface area (Å²) >= 11 is 0. The van der Waals surface area contributed by atoms with E-state index in [0.29, 0.717) is 6.04 Å². The molecule has 1 aromatic carbocycles. The molecular formula is C17H24N4. The van der Waals surface area contributed by atoms with Crippen molar-refractivity contribution >= 4 is 0 Å². The minimum absolute atomic E-state index is 0.467. The lowest BCUT2D eigenvalue weighted by Crippen LogP contribution is -2.34. The highest BCUT2D eigenvalue weighted by Crippen LogP contribution is 2.24. The summed E-state index contributed by atoms with van der Waals surface area (Å²) in [6, 6.07) is 11.3. The molecule has 1 atom stereocenters. The monoisotopic (exact) mass is 284 g/mol. The number of benzene rings is 1. The number of nitrogens with zero attached hydrogens (tertiary/aromatic N) is 3. The van der Waals surface area contributed by atoms with Crippen molar-refractivity contribution in [1.29, 1.82) is 0 Å². The SMILES string of the molecule is Cn1ccnc1CNCC(c1ccccc1)N1CCCC1. The second-order valence-corrected chi connectivity index (χ2v) is 5.75. The Morgan fingerprint density at radius 1 is 1.19 bits per heavy atom. The molecule has 21 heavy (non-hydrogen) atoms. The summed E-state index contributed by atoms with van der Waals surface area (Å²) in [6.45, 7) is 4.21. The van der Waals surface area contributed by atoms with E-state index in [0.717, 1.165) is 18.9 Å². The maximum absolute atomic E-state index is 4.37. The average molecular weight is 284 g/mol. The third-order valence-corrected chi connectivity index (χ3v) is 4.31. The molecule has 1 aromatic heterocycles. The van der Waals surface area contributed by atoms with Crippen molar-refractivity contribution < 1.29 is 0 Å². The summed E-state index contributed by atoms with van der Waals surface area (Å²) in [4.78, 5) is 6.97. The van der Waals surface area contributed by atoms with Gasteiger partial charge in [-0.05, 0) is 31.5 Å². The van der Waals surface area contributed by atoms with Crippen LogP contribution in [-0.2, 0) is 13.6 Å². The van der Waals surface area contributed by atoms with Crippen molar-refractivity contribution in [1.82, 2.24) is 19.8 Å². The van der Waals surface area contributed by atoms with Gasteiger partial charge in [-0.1, -0.05) is 30.3 Å². The molecular weight excluding hydrogens is 260 g/mol. The molecule has 0 amide bonds. The van der Waals surface area contributed by atoms with Crippen LogP contribution in [0.3, 0.4) is 0 Å². The number of aromatic nitrogens is 2. The number of nitrogens with one attached hydrogen (secondary N) is 1. The summed E-state index contributed by atoms with van der Waals surface area (Å²) in [6.07, 6.45) is 6.49. The minimum Gasteiger partial charge on any atom is -0.337 e. The first-order chi connectivity index (χ1) is 10.3. The van der Waals surface area contributed by atoms with E-state index in [9.17, 15) is 0 Å².